The first-order chi connectivity index (χ1) is 13.2. The molecule has 27 heavy (non-hydrogen) atoms. The molecule has 0 bridgehead atoms. The molecule has 1 saturated heterocycles. The number of nitrogens with one attached hydrogen (secondary N) is 2. The molecular weight excluding hydrogens is 365 g/mol. The number of nitrogens with zero attached hydrogens (tertiary/aromatic N) is 3. The molecule has 2 heterocycles. The maximum atomic E-state index is 13.1. The molecule has 5 nitrogen and oxygen atoms in total. The highest BCUT2D eigenvalue weighted by atomic mass is 35.5. The predicted octanol–water partition coefficient (Wildman–Crippen LogP) is 3.25. The number of halogens is 2. The summed E-state index contributed by atoms with van der Waals surface area (Å²) >= 11 is 6.08. The van der Waals surface area contributed by atoms with Crippen molar-refractivity contribution >= 4 is 23.4 Å². The Morgan fingerprint density at radius 3 is 2.78 bits per heavy atom. The van der Waals surface area contributed by atoms with Crippen molar-refractivity contribution in [2.45, 2.75) is 25.3 Å². The van der Waals surface area contributed by atoms with Crippen molar-refractivity contribution in [2.24, 2.45) is 4.99 Å². The summed E-state index contributed by atoms with van der Waals surface area (Å²) in [6.45, 7) is 2.62. The van der Waals surface area contributed by atoms with Gasteiger partial charge in [0.05, 0.1) is 0 Å². The number of benzene rings is 1. The molecule has 144 valence electrons. The van der Waals surface area contributed by atoms with Crippen LogP contribution in [0.15, 0.2) is 47.6 Å². The Balaban J connectivity index is 1.43. The SMILES string of the molecule is CN=C(NCCc1ccc(F)cc1Cl)NC1CCN(c2ccccn2)CC1. The van der Waals surface area contributed by atoms with Crippen molar-refractivity contribution in [3.8, 4) is 0 Å². The van der Waals surface area contributed by atoms with Gasteiger partial charge in [-0.1, -0.05) is 23.7 Å². The van der Waals surface area contributed by atoms with Gasteiger partial charge in [0.25, 0.3) is 0 Å². The Hall–Kier alpha value is -2.34. The van der Waals surface area contributed by atoms with Gasteiger partial charge in [-0.05, 0) is 49.1 Å². The number of aromatic nitrogens is 1. The molecule has 1 aliphatic rings. The number of piperidine rings is 1. The smallest absolute Gasteiger partial charge is 0.191 e. The fraction of sp³-hybridized carbons (Fsp3) is 0.400. The lowest BCUT2D eigenvalue weighted by Gasteiger charge is -2.33. The first-order valence-corrected chi connectivity index (χ1v) is 9.60. The van der Waals surface area contributed by atoms with Gasteiger partial charge in [0.1, 0.15) is 11.6 Å². The molecule has 0 saturated carbocycles. The minimum atomic E-state index is -0.314. The highest BCUT2D eigenvalue weighted by Gasteiger charge is 2.20. The average molecular weight is 390 g/mol. The maximum absolute atomic E-state index is 13.1. The van der Waals surface area contributed by atoms with Gasteiger partial charge in [-0.3, -0.25) is 4.99 Å². The van der Waals surface area contributed by atoms with Gasteiger partial charge in [0, 0.05) is 43.9 Å². The molecule has 0 spiro atoms. The Bertz CT molecular complexity index is 760. The van der Waals surface area contributed by atoms with Gasteiger partial charge in [-0.25, -0.2) is 9.37 Å². The van der Waals surface area contributed by atoms with Gasteiger partial charge in [0.15, 0.2) is 5.96 Å². The number of anilines is 1. The van der Waals surface area contributed by atoms with E-state index < -0.39 is 0 Å². The summed E-state index contributed by atoms with van der Waals surface area (Å²) in [5.74, 6) is 1.50. The van der Waals surface area contributed by atoms with Gasteiger partial charge in [-0.2, -0.15) is 0 Å². The van der Waals surface area contributed by atoms with Crippen molar-refractivity contribution in [3.05, 3.63) is 59.0 Å². The molecule has 2 N–H and O–H groups in total. The summed E-state index contributed by atoms with van der Waals surface area (Å²) < 4.78 is 13.1. The van der Waals surface area contributed by atoms with Crippen LogP contribution in [0.1, 0.15) is 18.4 Å². The van der Waals surface area contributed by atoms with E-state index >= 15 is 0 Å². The van der Waals surface area contributed by atoms with Gasteiger partial charge >= 0.3 is 0 Å². The summed E-state index contributed by atoms with van der Waals surface area (Å²) in [6.07, 6.45) is 4.60. The fourth-order valence-electron chi connectivity index (χ4n) is 3.22. The van der Waals surface area contributed by atoms with E-state index in [2.05, 4.69) is 31.6 Å². The second kappa shape index (κ2) is 9.55. The van der Waals surface area contributed by atoms with Crippen LogP contribution in [0, 0.1) is 5.82 Å². The van der Waals surface area contributed by atoms with Crippen LogP contribution in [0.5, 0.6) is 0 Å². The summed E-state index contributed by atoms with van der Waals surface area (Å²) in [6, 6.07) is 10.9. The third kappa shape index (κ3) is 5.57. The molecular formula is C20H25ClFN5. The minimum Gasteiger partial charge on any atom is -0.356 e. The van der Waals surface area contributed by atoms with Crippen LogP contribution in [0.25, 0.3) is 0 Å². The first-order valence-electron chi connectivity index (χ1n) is 9.23. The zero-order chi connectivity index (χ0) is 19.1. The topological polar surface area (TPSA) is 52.6 Å². The van der Waals surface area contributed by atoms with E-state index in [1.807, 2.05) is 18.3 Å². The van der Waals surface area contributed by atoms with E-state index in [-0.39, 0.29) is 5.82 Å². The van der Waals surface area contributed by atoms with Crippen LogP contribution in [-0.4, -0.2) is 43.7 Å². The molecule has 0 atom stereocenters. The van der Waals surface area contributed by atoms with E-state index in [0.717, 1.165) is 43.3 Å². The lowest BCUT2D eigenvalue weighted by molar-refractivity contribution is 0.459. The van der Waals surface area contributed by atoms with Crippen molar-refractivity contribution < 1.29 is 4.39 Å². The predicted molar refractivity (Wildman–Crippen MR) is 109 cm³/mol. The zero-order valence-corrected chi connectivity index (χ0v) is 16.2. The number of hydrogen-bond acceptors (Lipinski definition) is 3. The molecule has 0 unspecified atom stereocenters. The lowest BCUT2D eigenvalue weighted by Crippen LogP contribution is -2.49. The third-order valence-electron chi connectivity index (χ3n) is 4.73. The molecule has 0 radical (unpaired) electrons. The molecule has 1 aromatic carbocycles. The Labute approximate surface area is 164 Å². The Kier molecular flexibility index (Phi) is 6.87. The highest BCUT2D eigenvalue weighted by Crippen LogP contribution is 2.18. The maximum Gasteiger partial charge on any atom is 0.191 e. The Morgan fingerprint density at radius 2 is 2.11 bits per heavy atom. The third-order valence-corrected chi connectivity index (χ3v) is 5.09. The van der Waals surface area contributed by atoms with E-state index in [0.29, 0.717) is 24.0 Å². The second-order valence-corrected chi connectivity index (χ2v) is 6.99. The van der Waals surface area contributed by atoms with Crippen LogP contribution in [0.3, 0.4) is 0 Å². The van der Waals surface area contributed by atoms with Crippen molar-refractivity contribution in [1.29, 1.82) is 0 Å². The van der Waals surface area contributed by atoms with Crippen molar-refractivity contribution in [2.75, 3.05) is 31.6 Å². The summed E-state index contributed by atoms with van der Waals surface area (Å²) in [4.78, 5) is 11.0. The number of guanidine groups is 1. The number of pyridine rings is 1. The standard InChI is InChI=1S/C20H25ClFN5/c1-23-20(25-11-7-15-5-6-16(22)14-18(15)21)26-17-8-12-27(13-9-17)19-4-2-3-10-24-19/h2-6,10,14,17H,7-9,11-13H2,1H3,(H2,23,25,26). The molecule has 0 aliphatic carbocycles. The largest absolute Gasteiger partial charge is 0.356 e. The van der Waals surface area contributed by atoms with Gasteiger partial charge < -0.3 is 15.5 Å². The van der Waals surface area contributed by atoms with Crippen LogP contribution in [0.4, 0.5) is 10.2 Å². The number of aliphatic imine (C=N–C) groups is 1. The van der Waals surface area contributed by atoms with Crippen LogP contribution >= 0.6 is 11.6 Å². The Morgan fingerprint density at radius 1 is 1.30 bits per heavy atom. The highest BCUT2D eigenvalue weighted by molar-refractivity contribution is 6.31. The zero-order valence-electron chi connectivity index (χ0n) is 15.5. The van der Waals surface area contributed by atoms with E-state index in [1.165, 1.54) is 12.1 Å². The first kappa shape index (κ1) is 19.4. The monoisotopic (exact) mass is 389 g/mol. The summed E-state index contributed by atoms with van der Waals surface area (Å²) in [5, 5.41) is 7.26. The van der Waals surface area contributed by atoms with Crippen LogP contribution < -0.4 is 15.5 Å². The number of hydrogen-bond donors (Lipinski definition) is 2. The molecule has 7 heteroatoms. The quantitative estimate of drug-likeness (QED) is 0.609. The van der Waals surface area contributed by atoms with Gasteiger partial charge in [-0.15, -0.1) is 0 Å². The number of rotatable bonds is 5. The van der Waals surface area contributed by atoms with Crippen LogP contribution in [-0.2, 0) is 6.42 Å². The molecule has 2 aromatic rings. The van der Waals surface area contributed by atoms with Crippen molar-refractivity contribution in [1.82, 2.24) is 15.6 Å². The molecule has 3 rings (SSSR count). The minimum absolute atomic E-state index is 0.314. The van der Waals surface area contributed by atoms with E-state index in [9.17, 15) is 4.39 Å². The normalized spacial score (nSPS) is 15.7. The average Bonchev–Trinajstić information content (AvgIpc) is 2.70. The lowest BCUT2D eigenvalue weighted by atomic mass is 10.1. The van der Waals surface area contributed by atoms with Crippen LogP contribution in [0.2, 0.25) is 5.02 Å². The van der Waals surface area contributed by atoms with E-state index in [4.69, 9.17) is 11.6 Å². The summed E-state index contributed by atoms with van der Waals surface area (Å²) in [7, 11) is 1.77. The van der Waals surface area contributed by atoms with Gasteiger partial charge in [0.2, 0.25) is 0 Å². The summed E-state index contributed by atoms with van der Waals surface area (Å²) in [5.41, 5.74) is 0.921. The van der Waals surface area contributed by atoms with E-state index in [1.54, 1.807) is 13.1 Å². The fourth-order valence-corrected chi connectivity index (χ4v) is 3.48. The second-order valence-electron chi connectivity index (χ2n) is 6.58. The molecule has 1 fully saturated rings. The molecule has 0 amide bonds. The van der Waals surface area contributed by atoms with Crippen molar-refractivity contribution in [3.63, 3.8) is 0 Å². The molecule has 1 aliphatic heterocycles. The molecule has 1 aromatic heterocycles.